The topological polar surface area (TPSA) is 67.2 Å². The van der Waals surface area contributed by atoms with Gasteiger partial charge in [-0.25, -0.2) is 4.98 Å². The number of fused-ring (bicyclic) bond motifs is 2. The van der Waals surface area contributed by atoms with Crippen molar-refractivity contribution in [3.05, 3.63) is 47.5 Å². The Bertz CT molecular complexity index is 811. The van der Waals surface area contributed by atoms with Crippen molar-refractivity contribution in [3.8, 4) is 0 Å². The first-order valence-corrected chi connectivity index (χ1v) is 8.36. The second kappa shape index (κ2) is 5.78. The minimum absolute atomic E-state index is 0.0591. The van der Waals surface area contributed by atoms with Crippen LogP contribution in [-0.2, 0) is 17.9 Å². The Kier molecular flexibility index (Phi) is 3.59. The second-order valence-corrected chi connectivity index (χ2v) is 6.56. The molecule has 2 aliphatic rings. The van der Waals surface area contributed by atoms with Crippen molar-refractivity contribution in [2.24, 2.45) is 0 Å². The fourth-order valence-electron chi connectivity index (χ4n) is 3.58. The first kappa shape index (κ1) is 14.9. The molecular formula is C18H20N4O2. The smallest absolute Gasteiger partial charge is 0.272 e. The summed E-state index contributed by atoms with van der Waals surface area (Å²) in [6, 6.07) is 7.60. The van der Waals surface area contributed by atoms with Gasteiger partial charge in [-0.05, 0) is 24.5 Å². The monoisotopic (exact) mass is 324 g/mol. The van der Waals surface area contributed by atoms with Gasteiger partial charge >= 0.3 is 0 Å². The van der Waals surface area contributed by atoms with Crippen LogP contribution in [-0.4, -0.2) is 32.8 Å². The van der Waals surface area contributed by atoms with Crippen LogP contribution in [0.5, 0.6) is 0 Å². The van der Waals surface area contributed by atoms with E-state index in [1.165, 1.54) is 0 Å². The number of aromatic nitrogens is 2. The number of nitrogens with zero attached hydrogens (tertiary/aromatic N) is 3. The maximum Gasteiger partial charge on any atom is 0.272 e. The number of imidazole rings is 1. The maximum atomic E-state index is 13.0. The Morgan fingerprint density at radius 3 is 3.00 bits per heavy atom. The molecule has 0 saturated carbocycles. The summed E-state index contributed by atoms with van der Waals surface area (Å²) in [6.45, 7) is 3.44. The highest BCUT2D eigenvalue weighted by Gasteiger charge is 2.29. The number of benzene rings is 1. The molecule has 0 radical (unpaired) electrons. The van der Waals surface area contributed by atoms with E-state index in [9.17, 15) is 9.59 Å². The Labute approximate surface area is 140 Å². The van der Waals surface area contributed by atoms with Gasteiger partial charge in [0.05, 0.1) is 6.20 Å². The highest BCUT2D eigenvalue weighted by atomic mass is 16.2. The molecule has 1 N–H and O–H groups in total. The maximum absolute atomic E-state index is 13.0. The largest absolute Gasteiger partial charge is 0.324 e. The molecule has 24 heavy (non-hydrogen) atoms. The molecule has 2 aromatic rings. The van der Waals surface area contributed by atoms with Gasteiger partial charge in [-0.15, -0.1) is 0 Å². The molecule has 1 unspecified atom stereocenters. The summed E-state index contributed by atoms with van der Waals surface area (Å²) in [4.78, 5) is 31.2. The van der Waals surface area contributed by atoms with Crippen LogP contribution in [0, 0.1) is 0 Å². The van der Waals surface area contributed by atoms with Gasteiger partial charge in [0.2, 0.25) is 5.91 Å². The van der Waals surface area contributed by atoms with E-state index in [1.54, 1.807) is 11.1 Å². The van der Waals surface area contributed by atoms with Crippen molar-refractivity contribution in [1.82, 2.24) is 14.5 Å². The number of hydrogen-bond acceptors (Lipinski definition) is 3. The van der Waals surface area contributed by atoms with Gasteiger partial charge in [0.1, 0.15) is 18.1 Å². The average molecular weight is 324 g/mol. The van der Waals surface area contributed by atoms with Crippen molar-refractivity contribution in [2.75, 3.05) is 11.9 Å². The fourth-order valence-corrected chi connectivity index (χ4v) is 3.58. The summed E-state index contributed by atoms with van der Waals surface area (Å²) in [7, 11) is 0. The van der Waals surface area contributed by atoms with E-state index in [4.69, 9.17) is 0 Å². The third kappa shape index (κ3) is 2.48. The number of amides is 2. The zero-order valence-electron chi connectivity index (χ0n) is 13.7. The molecule has 1 atom stereocenters. The molecule has 2 aliphatic heterocycles. The van der Waals surface area contributed by atoms with Crippen LogP contribution in [0.1, 0.15) is 47.6 Å². The number of hydrogen-bond donors (Lipinski definition) is 1. The first-order chi connectivity index (χ1) is 11.6. The van der Waals surface area contributed by atoms with Gasteiger partial charge in [0, 0.05) is 24.7 Å². The molecule has 0 saturated heterocycles. The minimum Gasteiger partial charge on any atom is -0.324 e. The summed E-state index contributed by atoms with van der Waals surface area (Å²) >= 11 is 0. The number of rotatable bonds is 1. The quantitative estimate of drug-likeness (QED) is 0.876. The number of nitrogens with one attached hydrogen (secondary N) is 1. The van der Waals surface area contributed by atoms with E-state index in [-0.39, 0.29) is 18.4 Å². The third-order valence-electron chi connectivity index (χ3n) is 4.84. The highest BCUT2D eigenvalue weighted by molar-refractivity contribution is 6.00. The van der Waals surface area contributed by atoms with Crippen LogP contribution in [0.25, 0.3) is 0 Å². The first-order valence-electron chi connectivity index (χ1n) is 8.36. The zero-order valence-corrected chi connectivity index (χ0v) is 13.7. The molecule has 2 amide bonds. The van der Waals surface area contributed by atoms with Crippen molar-refractivity contribution < 1.29 is 9.59 Å². The Hall–Kier alpha value is -2.63. The standard InChI is InChI=1S/C18H20N4O2/c1-12-5-4-8-22-15(9-19-17(12)22)18(24)21-10-13-6-2-3-7-14(13)20-16(23)11-21/h2-3,6-7,9,12H,4-5,8,10-11H2,1H3,(H,20,23). The molecule has 0 aliphatic carbocycles. The second-order valence-electron chi connectivity index (χ2n) is 6.56. The lowest BCUT2D eigenvalue weighted by Crippen LogP contribution is -2.36. The van der Waals surface area contributed by atoms with Crippen LogP contribution >= 0.6 is 0 Å². The van der Waals surface area contributed by atoms with E-state index in [1.807, 2.05) is 28.8 Å². The average Bonchev–Trinajstić information content (AvgIpc) is 2.92. The van der Waals surface area contributed by atoms with E-state index >= 15 is 0 Å². The third-order valence-corrected chi connectivity index (χ3v) is 4.84. The van der Waals surface area contributed by atoms with E-state index in [2.05, 4.69) is 17.2 Å². The van der Waals surface area contributed by atoms with Gasteiger partial charge in [0.15, 0.2) is 0 Å². The Morgan fingerprint density at radius 1 is 1.29 bits per heavy atom. The van der Waals surface area contributed by atoms with E-state index in [0.29, 0.717) is 18.2 Å². The molecule has 0 fully saturated rings. The number of para-hydroxylation sites is 1. The lowest BCUT2D eigenvalue weighted by molar-refractivity contribution is -0.116. The molecule has 3 heterocycles. The Balaban J connectivity index is 1.66. The molecular weight excluding hydrogens is 304 g/mol. The fraction of sp³-hybridized carbons (Fsp3) is 0.389. The normalized spacial score (nSPS) is 20.0. The highest BCUT2D eigenvalue weighted by Crippen LogP contribution is 2.28. The van der Waals surface area contributed by atoms with Crippen LogP contribution in [0.4, 0.5) is 5.69 Å². The Morgan fingerprint density at radius 2 is 2.12 bits per heavy atom. The van der Waals surface area contributed by atoms with E-state index in [0.717, 1.165) is 36.5 Å². The summed E-state index contributed by atoms with van der Waals surface area (Å²) in [6.07, 6.45) is 3.81. The summed E-state index contributed by atoms with van der Waals surface area (Å²) < 4.78 is 2.02. The molecule has 0 bridgehead atoms. The van der Waals surface area contributed by atoms with Gasteiger partial charge in [-0.2, -0.15) is 0 Å². The number of anilines is 1. The van der Waals surface area contributed by atoms with Crippen LogP contribution in [0.2, 0.25) is 0 Å². The summed E-state index contributed by atoms with van der Waals surface area (Å²) in [5.41, 5.74) is 2.31. The van der Waals surface area contributed by atoms with E-state index < -0.39 is 0 Å². The minimum atomic E-state index is -0.167. The molecule has 1 aromatic carbocycles. The van der Waals surface area contributed by atoms with Crippen LogP contribution < -0.4 is 5.32 Å². The van der Waals surface area contributed by atoms with Crippen molar-refractivity contribution >= 4 is 17.5 Å². The predicted octanol–water partition coefficient (Wildman–Crippen LogP) is 2.37. The molecule has 0 spiro atoms. The van der Waals surface area contributed by atoms with Crippen molar-refractivity contribution in [1.29, 1.82) is 0 Å². The summed E-state index contributed by atoms with van der Waals surface area (Å²) in [5, 5.41) is 2.87. The zero-order chi connectivity index (χ0) is 16.7. The van der Waals surface area contributed by atoms with Gasteiger partial charge in [-0.1, -0.05) is 25.1 Å². The lowest BCUT2D eigenvalue weighted by atomic mass is 10.0. The lowest BCUT2D eigenvalue weighted by Gasteiger charge is -2.24. The van der Waals surface area contributed by atoms with Crippen molar-refractivity contribution in [2.45, 2.75) is 38.8 Å². The molecule has 124 valence electrons. The molecule has 1 aromatic heterocycles. The van der Waals surface area contributed by atoms with Gasteiger partial charge in [-0.3, -0.25) is 9.59 Å². The van der Waals surface area contributed by atoms with Gasteiger partial charge in [0.25, 0.3) is 5.91 Å². The molecule has 6 heteroatoms. The predicted molar refractivity (Wildman–Crippen MR) is 89.7 cm³/mol. The van der Waals surface area contributed by atoms with Crippen LogP contribution in [0.3, 0.4) is 0 Å². The SMILES string of the molecule is CC1CCCn2c(C(=O)N3CC(=O)Nc4ccccc4C3)cnc21. The number of carbonyl (C=O) groups is 2. The molecule has 6 nitrogen and oxygen atoms in total. The van der Waals surface area contributed by atoms with Gasteiger partial charge < -0.3 is 14.8 Å². The van der Waals surface area contributed by atoms with Crippen molar-refractivity contribution in [3.63, 3.8) is 0 Å². The van der Waals surface area contributed by atoms with Crippen LogP contribution in [0.15, 0.2) is 30.5 Å². The molecule has 4 rings (SSSR count). The number of carbonyl (C=O) groups excluding carboxylic acids is 2. The summed E-state index contributed by atoms with van der Waals surface area (Å²) in [5.74, 6) is 1.05.